The number of hydrogen-bond acceptors (Lipinski definition) is 3. The summed E-state index contributed by atoms with van der Waals surface area (Å²) in [5.41, 5.74) is 7.77. The predicted molar refractivity (Wildman–Crippen MR) is 61.0 cm³/mol. The minimum absolute atomic E-state index is 0.0170. The van der Waals surface area contributed by atoms with Crippen molar-refractivity contribution >= 4 is 5.78 Å². The van der Waals surface area contributed by atoms with Gasteiger partial charge in [0.25, 0.3) is 0 Å². The van der Waals surface area contributed by atoms with Gasteiger partial charge in [-0.3, -0.25) is 9.48 Å². The van der Waals surface area contributed by atoms with Gasteiger partial charge in [-0.2, -0.15) is 5.10 Å². The molecular formula is C12H13N3O. The molecule has 4 nitrogen and oxygen atoms in total. The van der Waals surface area contributed by atoms with Crippen LogP contribution in [0.2, 0.25) is 0 Å². The van der Waals surface area contributed by atoms with E-state index in [0.29, 0.717) is 17.7 Å². The highest BCUT2D eigenvalue weighted by Gasteiger charge is 2.10. The zero-order valence-corrected chi connectivity index (χ0v) is 9.05. The topological polar surface area (TPSA) is 60.9 Å². The van der Waals surface area contributed by atoms with Crippen LogP contribution in [-0.2, 0) is 13.6 Å². The van der Waals surface area contributed by atoms with Gasteiger partial charge in [0.05, 0.1) is 11.8 Å². The van der Waals surface area contributed by atoms with Crippen molar-refractivity contribution in [2.45, 2.75) is 6.54 Å². The number of aryl methyl sites for hydroxylation is 1. The van der Waals surface area contributed by atoms with Gasteiger partial charge in [-0.15, -0.1) is 0 Å². The van der Waals surface area contributed by atoms with E-state index >= 15 is 0 Å². The van der Waals surface area contributed by atoms with Crippen LogP contribution in [-0.4, -0.2) is 15.6 Å². The van der Waals surface area contributed by atoms with Gasteiger partial charge in [-0.05, 0) is 5.56 Å². The fraction of sp³-hybridized carbons (Fsp3) is 0.167. The van der Waals surface area contributed by atoms with E-state index in [0.717, 1.165) is 5.56 Å². The van der Waals surface area contributed by atoms with Gasteiger partial charge in [-0.1, -0.05) is 24.3 Å². The van der Waals surface area contributed by atoms with E-state index in [2.05, 4.69) is 5.10 Å². The highest BCUT2D eigenvalue weighted by Crippen LogP contribution is 2.10. The van der Waals surface area contributed by atoms with Crippen LogP contribution in [0, 0.1) is 0 Å². The van der Waals surface area contributed by atoms with Gasteiger partial charge in [0.2, 0.25) is 0 Å². The molecular weight excluding hydrogens is 202 g/mol. The van der Waals surface area contributed by atoms with Gasteiger partial charge in [0.15, 0.2) is 5.78 Å². The molecule has 0 aliphatic rings. The second kappa shape index (κ2) is 4.28. The van der Waals surface area contributed by atoms with E-state index in [4.69, 9.17) is 5.73 Å². The quantitative estimate of drug-likeness (QED) is 0.780. The van der Waals surface area contributed by atoms with Gasteiger partial charge in [0, 0.05) is 25.4 Å². The lowest BCUT2D eigenvalue weighted by molar-refractivity contribution is 0.103. The number of hydrogen-bond donors (Lipinski definition) is 1. The first-order chi connectivity index (χ1) is 7.70. The lowest BCUT2D eigenvalue weighted by Crippen LogP contribution is -2.01. The summed E-state index contributed by atoms with van der Waals surface area (Å²) in [6.45, 7) is 0.487. The molecule has 0 unspecified atom stereocenters. The molecule has 1 aromatic carbocycles. The van der Waals surface area contributed by atoms with Crippen molar-refractivity contribution in [3.05, 3.63) is 53.3 Å². The van der Waals surface area contributed by atoms with E-state index in [1.165, 1.54) is 0 Å². The molecule has 4 heteroatoms. The van der Waals surface area contributed by atoms with Gasteiger partial charge in [0.1, 0.15) is 0 Å². The highest BCUT2D eigenvalue weighted by atomic mass is 16.1. The number of carbonyl (C=O) groups is 1. The summed E-state index contributed by atoms with van der Waals surface area (Å²) in [7, 11) is 1.79. The van der Waals surface area contributed by atoms with Crippen molar-refractivity contribution in [1.82, 2.24) is 9.78 Å². The Balaban J connectivity index is 2.27. The molecule has 0 aliphatic heterocycles. The Hall–Kier alpha value is -1.94. The zero-order chi connectivity index (χ0) is 11.5. The third-order valence-electron chi connectivity index (χ3n) is 2.42. The molecule has 16 heavy (non-hydrogen) atoms. The van der Waals surface area contributed by atoms with Crippen molar-refractivity contribution in [2.24, 2.45) is 12.8 Å². The van der Waals surface area contributed by atoms with E-state index in [1.807, 2.05) is 12.1 Å². The lowest BCUT2D eigenvalue weighted by atomic mass is 10.0. The molecule has 0 saturated heterocycles. The second-order valence-corrected chi connectivity index (χ2v) is 3.63. The van der Waals surface area contributed by atoms with Gasteiger partial charge in [-0.25, -0.2) is 0 Å². The van der Waals surface area contributed by atoms with E-state index in [1.54, 1.807) is 36.3 Å². The van der Waals surface area contributed by atoms with Crippen LogP contribution in [0.3, 0.4) is 0 Å². The monoisotopic (exact) mass is 215 g/mol. The highest BCUT2D eigenvalue weighted by molar-refractivity contribution is 6.08. The molecule has 0 bridgehead atoms. The Labute approximate surface area is 93.7 Å². The van der Waals surface area contributed by atoms with Crippen LogP contribution >= 0.6 is 0 Å². The van der Waals surface area contributed by atoms with Crippen molar-refractivity contribution in [3.8, 4) is 0 Å². The van der Waals surface area contributed by atoms with Crippen LogP contribution in [0.25, 0.3) is 0 Å². The maximum absolute atomic E-state index is 12.0. The first-order valence-electron chi connectivity index (χ1n) is 5.03. The Morgan fingerprint density at radius 1 is 1.31 bits per heavy atom. The van der Waals surface area contributed by atoms with Crippen LogP contribution < -0.4 is 5.73 Å². The molecule has 0 atom stereocenters. The molecule has 0 spiro atoms. The van der Waals surface area contributed by atoms with Crippen molar-refractivity contribution in [3.63, 3.8) is 0 Å². The third kappa shape index (κ3) is 2.01. The number of nitrogens with zero attached hydrogens (tertiary/aromatic N) is 2. The standard InChI is InChI=1S/C12H13N3O/c1-15-8-11(7-14-15)12(16)10-4-2-9(6-13)3-5-10/h2-5,7-8H,6,13H2,1H3. The minimum Gasteiger partial charge on any atom is -0.326 e. The molecule has 2 rings (SSSR count). The van der Waals surface area contributed by atoms with Crippen LogP contribution in [0.1, 0.15) is 21.5 Å². The summed E-state index contributed by atoms with van der Waals surface area (Å²) in [6.07, 6.45) is 3.28. The van der Waals surface area contributed by atoms with Crippen molar-refractivity contribution in [2.75, 3.05) is 0 Å². The van der Waals surface area contributed by atoms with Crippen molar-refractivity contribution in [1.29, 1.82) is 0 Å². The summed E-state index contributed by atoms with van der Waals surface area (Å²) in [5.74, 6) is -0.0170. The number of aromatic nitrogens is 2. The Morgan fingerprint density at radius 3 is 2.50 bits per heavy atom. The largest absolute Gasteiger partial charge is 0.326 e. The Kier molecular flexibility index (Phi) is 2.83. The summed E-state index contributed by atoms with van der Waals surface area (Å²) in [6, 6.07) is 7.31. The lowest BCUT2D eigenvalue weighted by Gasteiger charge is -1.99. The maximum atomic E-state index is 12.0. The first kappa shape index (κ1) is 10.6. The summed E-state index contributed by atoms with van der Waals surface area (Å²) >= 11 is 0. The predicted octanol–water partition coefficient (Wildman–Crippen LogP) is 1.11. The Morgan fingerprint density at radius 2 is 2.00 bits per heavy atom. The summed E-state index contributed by atoms with van der Waals surface area (Å²) in [4.78, 5) is 12.0. The Bertz CT molecular complexity index is 499. The molecule has 2 aromatic rings. The van der Waals surface area contributed by atoms with Gasteiger partial charge >= 0.3 is 0 Å². The molecule has 1 aromatic heterocycles. The number of rotatable bonds is 3. The molecule has 0 fully saturated rings. The van der Waals surface area contributed by atoms with Crippen LogP contribution in [0.5, 0.6) is 0 Å². The van der Waals surface area contributed by atoms with E-state index in [9.17, 15) is 4.79 Å². The second-order valence-electron chi connectivity index (χ2n) is 3.63. The molecule has 0 amide bonds. The molecule has 1 heterocycles. The fourth-order valence-corrected chi connectivity index (χ4v) is 1.50. The first-order valence-corrected chi connectivity index (χ1v) is 5.03. The molecule has 0 radical (unpaired) electrons. The van der Waals surface area contributed by atoms with E-state index in [-0.39, 0.29) is 5.78 Å². The van der Waals surface area contributed by atoms with Gasteiger partial charge < -0.3 is 5.73 Å². The maximum Gasteiger partial charge on any atom is 0.196 e. The average molecular weight is 215 g/mol. The van der Waals surface area contributed by atoms with Crippen LogP contribution in [0.4, 0.5) is 0 Å². The normalized spacial score (nSPS) is 10.4. The molecule has 0 saturated carbocycles. The SMILES string of the molecule is Cn1cc(C(=O)c2ccc(CN)cc2)cn1. The molecule has 2 N–H and O–H groups in total. The zero-order valence-electron chi connectivity index (χ0n) is 9.05. The molecule has 82 valence electrons. The van der Waals surface area contributed by atoms with Crippen molar-refractivity contribution < 1.29 is 4.79 Å². The number of benzene rings is 1. The van der Waals surface area contributed by atoms with Crippen LogP contribution in [0.15, 0.2) is 36.7 Å². The minimum atomic E-state index is -0.0170. The summed E-state index contributed by atoms with van der Waals surface area (Å²) in [5, 5.41) is 3.97. The summed E-state index contributed by atoms with van der Waals surface area (Å²) < 4.78 is 1.61. The number of ketones is 1. The third-order valence-corrected chi connectivity index (χ3v) is 2.42. The number of nitrogens with two attached hydrogens (primary N) is 1. The smallest absolute Gasteiger partial charge is 0.196 e. The fourth-order valence-electron chi connectivity index (χ4n) is 1.50. The molecule has 0 aliphatic carbocycles. The van der Waals surface area contributed by atoms with E-state index < -0.39 is 0 Å². The average Bonchev–Trinajstić information content (AvgIpc) is 2.75. The number of carbonyl (C=O) groups excluding carboxylic acids is 1.